The first kappa shape index (κ1) is 16.8. The topological polar surface area (TPSA) is 66.1 Å². The van der Waals surface area contributed by atoms with Crippen LogP contribution in [0.15, 0.2) is 29.3 Å². The van der Waals surface area contributed by atoms with Gasteiger partial charge in [0.15, 0.2) is 6.04 Å². The number of methoxy groups -OCH3 is 1. The smallest absolute Gasteiger partial charge is 0.416 e. The third-order valence-electron chi connectivity index (χ3n) is 3.47. The highest BCUT2D eigenvalue weighted by Crippen LogP contribution is 2.33. The SMILES string of the molecule is COC(=O)C(C)n1ncn(-c2cccc(C(F)(F)F)c2C)c1=O. The molecule has 6 nitrogen and oxygen atoms in total. The molecule has 2 aromatic rings. The van der Waals surface area contributed by atoms with Gasteiger partial charge >= 0.3 is 17.8 Å². The van der Waals surface area contributed by atoms with E-state index in [1.165, 1.54) is 26.0 Å². The van der Waals surface area contributed by atoms with Crippen molar-refractivity contribution >= 4 is 5.97 Å². The van der Waals surface area contributed by atoms with Gasteiger partial charge in [-0.05, 0) is 31.5 Å². The summed E-state index contributed by atoms with van der Waals surface area (Å²) in [5, 5.41) is 3.78. The highest BCUT2D eigenvalue weighted by atomic mass is 19.4. The van der Waals surface area contributed by atoms with Crippen LogP contribution in [0, 0.1) is 6.92 Å². The van der Waals surface area contributed by atoms with Gasteiger partial charge < -0.3 is 4.74 Å². The van der Waals surface area contributed by atoms with Crippen molar-refractivity contribution in [1.82, 2.24) is 14.3 Å². The van der Waals surface area contributed by atoms with Gasteiger partial charge in [-0.15, -0.1) is 0 Å². The van der Waals surface area contributed by atoms with E-state index in [2.05, 4.69) is 9.84 Å². The predicted octanol–water partition coefficient (Wildman–Crippen LogP) is 2.10. The monoisotopic (exact) mass is 329 g/mol. The predicted molar refractivity (Wildman–Crippen MR) is 74.3 cm³/mol. The van der Waals surface area contributed by atoms with E-state index in [1.807, 2.05) is 0 Å². The second-order valence-corrected chi connectivity index (χ2v) is 4.87. The molecule has 124 valence electrons. The Bertz CT molecular complexity index is 793. The molecule has 0 N–H and O–H groups in total. The van der Waals surface area contributed by atoms with Crippen LogP contribution in [0.2, 0.25) is 0 Å². The second kappa shape index (κ2) is 5.90. The van der Waals surface area contributed by atoms with Crippen molar-refractivity contribution in [2.75, 3.05) is 7.11 Å². The minimum atomic E-state index is -4.53. The summed E-state index contributed by atoms with van der Waals surface area (Å²) >= 11 is 0. The number of carbonyl (C=O) groups excluding carboxylic acids is 1. The molecule has 2 rings (SSSR count). The standard InChI is InChI=1S/C14H14F3N3O3/c1-8-10(14(15,16)17)5-4-6-11(8)19-7-18-20(13(19)22)9(2)12(21)23-3/h4-7,9H,1-3H3. The Morgan fingerprint density at radius 3 is 2.57 bits per heavy atom. The molecule has 1 aromatic carbocycles. The molecule has 0 saturated heterocycles. The normalized spacial score (nSPS) is 13.0. The van der Waals surface area contributed by atoms with Gasteiger partial charge in [0.1, 0.15) is 6.33 Å². The maximum atomic E-state index is 13.0. The van der Waals surface area contributed by atoms with Crippen molar-refractivity contribution in [2.24, 2.45) is 0 Å². The lowest BCUT2D eigenvalue weighted by Crippen LogP contribution is -2.31. The fraction of sp³-hybridized carbons (Fsp3) is 0.357. The molecule has 9 heteroatoms. The van der Waals surface area contributed by atoms with E-state index in [-0.39, 0.29) is 11.3 Å². The van der Waals surface area contributed by atoms with Gasteiger partial charge in [0.05, 0.1) is 18.4 Å². The summed E-state index contributed by atoms with van der Waals surface area (Å²) in [6.45, 7) is 2.68. The van der Waals surface area contributed by atoms with Crippen molar-refractivity contribution in [2.45, 2.75) is 26.1 Å². The zero-order valence-electron chi connectivity index (χ0n) is 12.6. The summed E-state index contributed by atoms with van der Waals surface area (Å²) < 4.78 is 45.2. The molecule has 0 amide bonds. The number of alkyl halides is 3. The molecule has 0 saturated carbocycles. The summed E-state index contributed by atoms with van der Waals surface area (Å²) in [6, 6.07) is 2.53. The summed E-state index contributed by atoms with van der Waals surface area (Å²) in [5.74, 6) is -0.682. The van der Waals surface area contributed by atoms with Crippen LogP contribution >= 0.6 is 0 Å². The minimum absolute atomic E-state index is 0.0492. The van der Waals surface area contributed by atoms with E-state index in [0.29, 0.717) is 0 Å². The molecular formula is C14H14F3N3O3. The maximum absolute atomic E-state index is 13.0. The highest BCUT2D eigenvalue weighted by molar-refractivity contribution is 5.73. The molecule has 0 fully saturated rings. The summed E-state index contributed by atoms with van der Waals surface area (Å²) in [7, 11) is 1.16. The number of hydrogen-bond donors (Lipinski definition) is 0. The third-order valence-corrected chi connectivity index (χ3v) is 3.47. The van der Waals surface area contributed by atoms with Crippen LogP contribution < -0.4 is 5.69 Å². The molecule has 0 bridgehead atoms. The molecule has 1 atom stereocenters. The molecule has 0 radical (unpaired) electrons. The third kappa shape index (κ3) is 2.99. The Hall–Kier alpha value is -2.58. The van der Waals surface area contributed by atoms with Gasteiger partial charge in [0.25, 0.3) is 0 Å². The average Bonchev–Trinajstić information content (AvgIpc) is 2.86. The van der Waals surface area contributed by atoms with E-state index in [9.17, 15) is 22.8 Å². The Morgan fingerprint density at radius 1 is 1.35 bits per heavy atom. The molecule has 0 aliphatic heterocycles. The van der Waals surface area contributed by atoms with Crippen molar-refractivity contribution in [1.29, 1.82) is 0 Å². The summed E-state index contributed by atoms with van der Waals surface area (Å²) in [4.78, 5) is 23.8. The summed E-state index contributed by atoms with van der Waals surface area (Å²) in [5.41, 5.74) is -1.62. The lowest BCUT2D eigenvalue weighted by molar-refractivity contribution is -0.144. The Labute approximate surface area is 129 Å². The molecule has 1 heterocycles. The molecule has 0 aliphatic carbocycles. The van der Waals surface area contributed by atoms with Gasteiger partial charge in [-0.3, -0.25) is 0 Å². The zero-order chi connectivity index (χ0) is 17.4. The number of aromatic nitrogens is 3. The largest absolute Gasteiger partial charge is 0.467 e. The van der Waals surface area contributed by atoms with Gasteiger partial charge in [-0.2, -0.15) is 23.0 Å². The van der Waals surface area contributed by atoms with Crippen LogP contribution in [-0.2, 0) is 15.7 Å². The van der Waals surface area contributed by atoms with Gasteiger partial charge in [-0.25, -0.2) is 14.2 Å². The van der Waals surface area contributed by atoms with Gasteiger partial charge in [0, 0.05) is 0 Å². The van der Waals surface area contributed by atoms with Crippen molar-refractivity contribution < 1.29 is 22.7 Å². The summed E-state index contributed by atoms with van der Waals surface area (Å²) in [6.07, 6.45) is -3.46. The Balaban J connectivity index is 2.56. The van der Waals surface area contributed by atoms with Crippen molar-refractivity contribution in [3.8, 4) is 5.69 Å². The van der Waals surface area contributed by atoms with Gasteiger partial charge in [0.2, 0.25) is 0 Å². The molecule has 1 aromatic heterocycles. The number of rotatable bonds is 3. The Morgan fingerprint density at radius 2 is 2.00 bits per heavy atom. The first-order chi connectivity index (χ1) is 10.7. The second-order valence-electron chi connectivity index (χ2n) is 4.87. The van der Waals surface area contributed by atoms with E-state index in [1.54, 1.807) is 0 Å². The fourth-order valence-corrected chi connectivity index (χ4v) is 2.21. The lowest BCUT2D eigenvalue weighted by atomic mass is 10.1. The van der Waals surface area contributed by atoms with Crippen molar-refractivity contribution in [3.63, 3.8) is 0 Å². The highest BCUT2D eigenvalue weighted by Gasteiger charge is 2.33. The van der Waals surface area contributed by atoms with Gasteiger partial charge in [-0.1, -0.05) is 6.07 Å². The van der Waals surface area contributed by atoms with E-state index >= 15 is 0 Å². The van der Waals surface area contributed by atoms with E-state index in [4.69, 9.17) is 0 Å². The van der Waals surface area contributed by atoms with E-state index < -0.39 is 29.4 Å². The van der Waals surface area contributed by atoms with Crippen LogP contribution in [0.5, 0.6) is 0 Å². The average molecular weight is 329 g/mol. The maximum Gasteiger partial charge on any atom is 0.416 e. The molecule has 1 unspecified atom stereocenters. The molecule has 0 spiro atoms. The van der Waals surface area contributed by atoms with Crippen LogP contribution in [0.4, 0.5) is 13.2 Å². The Kier molecular flexibility index (Phi) is 4.31. The molecule has 0 aliphatic rings. The lowest BCUT2D eigenvalue weighted by Gasteiger charge is -2.13. The fourth-order valence-electron chi connectivity index (χ4n) is 2.21. The van der Waals surface area contributed by atoms with Crippen LogP contribution in [-0.4, -0.2) is 27.4 Å². The van der Waals surface area contributed by atoms with E-state index in [0.717, 1.165) is 28.8 Å². The van der Waals surface area contributed by atoms with Crippen LogP contribution in [0.1, 0.15) is 24.1 Å². The number of esters is 1. The van der Waals surface area contributed by atoms with Crippen LogP contribution in [0.3, 0.4) is 0 Å². The number of hydrogen-bond acceptors (Lipinski definition) is 4. The molecular weight excluding hydrogens is 315 g/mol. The number of nitrogens with zero attached hydrogens (tertiary/aromatic N) is 3. The first-order valence-electron chi connectivity index (χ1n) is 6.59. The first-order valence-corrected chi connectivity index (χ1v) is 6.59. The van der Waals surface area contributed by atoms with Crippen LogP contribution in [0.25, 0.3) is 5.69 Å². The zero-order valence-corrected chi connectivity index (χ0v) is 12.6. The molecule has 23 heavy (non-hydrogen) atoms. The quantitative estimate of drug-likeness (QED) is 0.809. The number of carbonyl (C=O) groups is 1. The minimum Gasteiger partial charge on any atom is -0.467 e. The number of benzene rings is 1. The number of halogens is 3. The van der Waals surface area contributed by atoms with Crippen molar-refractivity contribution in [3.05, 3.63) is 46.1 Å². The number of ether oxygens (including phenoxy) is 1.